The average molecular weight is 759 g/mol. The average Bonchev–Trinajstić information content (AvgIpc) is 3.81. The van der Waals surface area contributed by atoms with Crippen LogP contribution >= 0.6 is 0 Å². The van der Waals surface area contributed by atoms with E-state index in [9.17, 15) is 0 Å². The van der Waals surface area contributed by atoms with Gasteiger partial charge in [-0.3, -0.25) is 9.97 Å². The lowest BCUT2D eigenvalue weighted by Crippen LogP contribution is -2.13. The Hall–Kier alpha value is -7.68. The summed E-state index contributed by atoms with van der Waals surface area (Å²) in [6.07, 6.45) is 17.8. The van der Waals surface area contributed by atoms with E-state index < -0.39 is 0 Å². The molecule has 0 radical (unpaired) electrons. The Bertz CT molecular complexity index is 3640. The molecule has 0 saturated heterocycles. The smallest absolute Gasteiger partial charge is 0.0702 e. The predicted molar refractivity (Wildman–Crippen MR) is 251 cm³/mol. The minimum Gasteiger partial charge on any atom is -0.256 e. The Balaban J connectivity index is 1.19. The first kappa shape index (κ1) is 32.3. The molecule has 2 heteroatoms. The molecule has 0 fully saturated rings. The van der Waals surface area contributed by atoms with Crippen molar-refractivity contribution in [1.29, 1.82) is 0 Å². The lowest BCUT2D eigenvalue weighted by molar-refractivity contribution is 0.707. The van der Waals surface area contributed by atoms with Crippen LogP contribution in [0.15, 0.2) is 194 Å². The highest BCUT2D eigenvalue weighted by atomic mass is 14.7. The predicted octanol–water partition coefficient (Wildman–Crippen LogP) is 15.0. The lowest BCUT2D eigenvalue weighted by atomic mass is 9.78. The van der Waals surface area contributed by atoms with Gasteiger partial charge in [-0.25, -0.2) is 0 Å². The van der Waals surface area contributed by atoms with Crippen molar-refractivity contribution in [2.75, 3.05) is 0 Å². The summed E-state index contributed by atoms with van der Waals surface area (Å²) in [4.78, 5) is 9.62. The number of rotatable bonds is 4. The summed E-state index contributed by atoms with van der Waals surface area (Å²) in [5, 5.41) is 10.4. The number of hydrogen-bond acceptors (Lipinski definition) is 2. The summed E-state index contributed by atoms with van der Waals surface area (Å²) in [5.41, 5.74) is 19.9. The molecule has 0 N–H and O–H groups in total. The van der Waals surface area contributed by atoms with E-state index in [4.69, 9.17) is 9.97 Å². The Morgan fingerprint density at radius 2 is 0.917 bits per heavy atom. The topological polar surface area (TPSA) is 25.8 Å². The van der Waals surface area contributed by atoms with E-state index in [-0.39, 0.29) is 0 Å². The van der Waals surface area contributed by atoms with Crippen LogP contribution in [0.5, 0.6) is 0 Å². The third-order valence-corrected chi connectivity index (χ3v) is 13.7. The van der Waals surface area contributed by atoms with E-state index in [0.717, 1.165) is 22.5 Å². The van der Waals surface area contributed by atoms with Crippen molar-refractivity contribution in [1.82, 2.24) is 9.97 Å². The molecule has 0 aliphatic heterocycles. The maximum Gasteiger partial charge on any atom is 0.0702 e. The van der Waals surface area contributed by atoms with Crippen LogP contribution in [0.25, 0.3) is 121 Å². The van der Waals surface area contributed by atoms with Crippen LogP contribution in [0.2, 0.25) is 0 Å². The molecule has 2 nitrogen and oxygen atoms in total. The molecule has 276 valence electrons. The summed E-state index contributed by atoms with van der Waals surface area (Å²) in [5.74, 6) is 0.691. The van der Waals surface area contributed by atoms with Gasteiger partial charge in [-0.15, -0.1) is 0 Å². The van der Waals surface area contributed by atoms with Crippen LogP contribution < -0.4 is 0 Å². The maximum absolute atomic E-state index is 4.81. The number of nitrogens with zero attached hydrogens (tertiary/aromatic N) is 2. The Labute approximate surface area is 347 Å². The monoisotopic (exact) mass is 758 g/mol. The second kappa shape index (κ2) is 11.9. The van der Waals surface area contributed by atoms with Gasteiger partial charge in [0.05, 0.1) is 11.4 Å². The number of pyridine rings is 2. The fourth-order valence-electron chi connectivity index (χ4n) is 11.3. The highest BCUT2D eigenvalue weighted by Gasteiger charge is 2.39. The van der Waals surface area contributed by atoms with Gasteiger partial charge in [0.1, 0.15) is 0 Å². The minimum absolute atomic E-state index is 0.331. The Kier molecular flexibility index (Phi) is 6.43. The number of aromatic nitrogens is 2. The van der Waals surface area contributed by atoms with E-state index in [1.54, 1.807) is 0 Å². The van der Waals surface area contributed by atoms with E-state index in [0.29, 0.717) is 11.8 Å². The quantitative estimate of drug-likeness (QED) is 0.167. The van der Waals surface area contributed by atoms with Crippen molar-refractivity contribution < 1.29 is 0 Å². The molecule has 2 atom stereocenters. The molecule has 8 aromatic carbocycles. The molecule has 0 amide bonds. The molecule has 0 spiro atoms. The van der Waals surface area contributed by atoms with Crippen molar-refractivity contribution in [3.8, 4) is 67.0 Å². The molecule has 0 saturated carbocycles. The molecular formula is C58H34N2. The van der Waals surface area contributed by atoms with E-state index in [1.807, 2.05) is 24.5 Å². The van der Waals surface area contributed by atoms with Gasteiger partial charge < -0.3 is 0 Å². The van der Waals surface area contributed by atoms with Gasteiger partial charge in [0.15, 0.2) is 0 Å². The Morgan fingerprint density at radius 3 is 1.53 bits per heavy atom. The van der Waals surface area contributed by atoms with Crippen LogP contribution in [-0.2, 0) is 0 Å². The van der Waals surface area contributed by atoms with Gasteiger partial charge in [-0.1, -0.05) is 127 Å². The van der Waals surface area contributed by atoms with Crippen molar-refractivity contribution in [2.45, 2.75) is 0 Å². The van der Waals surface area contributed by atoms with E-state index in [2.05, 4.69) is 170 Å². The number of hydrogen-bond donors (Lipinski definition) is 0. The maximum atomic E-state index is 4.81. The van der Waals surface area contributed by atoms with E-state index >= 15 is 0 Å². The zero-order valence-electron chi connectivity index (χ0n) is 32.5. The summed E-state index contributed by atoms with van der Waals surface area (Å²) >= 11 is 0. The minimum atomic E-state index is 0.331. The lowest BCUT2D eigenvalue weighted by Gasteiger charge is -2.25. The highest BCUT2D eigenvalue weighted by molar-refractivity contribution is 6.36. The van der Waals surface area contributed by atoms with Crippen LogP contribution in [0.4, 0.5) is 0 Å². The van der Waals surface area contributed by atoms with Gasteiger partial charge in [0, 0.05) is 35.4 Å². The van der Waals surface area contributed by atoms with Gasteiger partial charge in [0.25, 0.3) is 0 Å². The second-order valence-corrected chi connectivity index (χ2v) is 16.8. The third kappa shape index (κ3) is 4.32. The molecule has 2 unspecified atom stereocenters. The first-order chi connectivity index (χ1) is 29.8. The number of benzene rings is 8. The summed E-state index contributed by atoms with van der Waals surface area (Å²) < 4.78 is 0. The summed E-state index contributed by atoms with van der Waals surface area (Å²) in [6.45, 7) is 0. The summed E-state index contributed by atoms with van der Waals surface area (Å²) in [6, 6.07) is 54.3. The number of allylic oxidation sites excluding steroid dienone is 8. The fourth-order valence-corrected chi connectivity index (χ4v) is 11.3. The Morgan fingerprint density at radius 1 is 0.367 bits per heavy atom. The van der Waals surface area contributed by atoms with Gasteiger partial charge in [0.2, 0.25) is 0 Å². The molecule has 60 heavy (non-hydrogen) atoms. The standard InChI is InChI=1S/C58H34N2/c1-3-26-59-49(20-1)36-13-6-15-38(28-36)53-46-31-44-41-18-8-11-33-12-9-19-42(52(33)41)45(44)32-47(46)54(39-16-7-14-37(29-39)50-21-2-4-27-60-50)58-48-30-40-17-5-10-34-22-23-35-24-25-43(57(53)58)56(48)55(35)51(34)40/h1-33,52H. The molecule has 4 aliphatic rings. The second-order valence-electron chi connectivity index (χ2n) is 16.8. The molecule has 4 aliphatic carbocycles. The first-order valence-electron chi connectivity index (χ1n) is 21.0. The largest absolute Gasteiger partial charge is 0.256 e. The van der Waals surface area contributed by atoms with Gasteiger partial charge >= 0.3 is 0 Å². The van der Waals surface area contributed by atoms with E-state index in [1.165, 1.54) is 110 Å². The van der Waals surface area contributed by atoms with Crippen LogP contribution in [0.1, 0.15) is 11.1 Å². The van der Waals surface area contributed by atoms with Gasteiger partial charge in [-0.2, -0.15) is 0 Å². The van der Waals surface area contributed by atoms with Crippen molar-refractivity contribution in [3.63, 3.8) is 0 Å². The zero-order valence-corrected chi connectivity index (χ0v) is 32.5. The van der Waals surface area contributed by atoms with Crippen molar-refractivity contribution >= 4 is 54.2 Å². The zero-order chi connectivity index (χ0) is 39.1. The van der Waals surface area contributed by atoms with Crippen molar-refractivity contribution in [2.24, 2.45) is 11.8 Å². The van der Waals surface area contributed by atoms with Crippen LogP contribution in [0, 0.1) is 11.8 Å². The van der Waals surface area contributed by atoms with Crippen molar-refractivity contribution in [3.05, 3.63) is 206 Å². The molecule has 14 rings (SSSR count). The van der Waals surface area contributed by atoms with Crippen LogP contribution in [-0.4, -0.2) is 9.97 Å². The van der Waals surface area contributed by atoms with Crippen LogP contribution in [0.3, 0.4) is 0 Å². The third-order valence-electron chi connectivity index (χ3n) is 13.7. The normalized spacial score (nSPS) is 16.7. The molecular weight excluding hydrogens is 725 g/mol. The SMILES string of the molecule is C1=CC2C=CC=C3c4cc5c(-c6cccc(-c7ccccn7)c6)c6c(c(-c7cccc(-c8ccccn8)c7)c5cc4C(=C1)C32)-c1ccc2ccc3cccc4cc-6c1c2c34. The summed E-state index contributed by atoms with van der Waals surface area (Å²) in [7, 11) is 0. The van der Waals surface area contributed by atoms with Gasteiger partial charge in [-0.05, 0) is 164 Å². The number of fused-ring (bicyclic) bond motifs is 7. The highest BCUT2D eigenvalue weighted by Crippen LogP contribution is 2.62. The molecule has 2 heterocycles. The molecule has 10 aromatic rings. The fraction of sp³-hybridized carbons (Fsp3) is 0.0345. The molecule has 0 bridgehead atoms. The molecule has 2 aromatic heterocycles. The first-order valence-corrected chi connectivity index (χ1v) is 21.0.